The second-order valence-electron chi connectivity index (χ2n) is 3.27. The molecule has 100 valence electrons. The number of nitrogens with zero attached hydrogens (tertiary/aromatic N) is 1. The van der Waals surface area contributed by atoms with Gasteiger partial charge in [0.05, 0.1) is 24.5 Å². The maximum absolute atomic E-state index is 6.24. The number of benzene rings is 1. The molecule has 0 aliphatic rings. The molecule has 0 aromatic heterocycles. The molecule has 1 aromatic carbocycles. The molecule has 6 heteroatoms. The maximum atomic E-state index is 6.24. The highest BCUT2D eigenvalue weighted by Gasteiger charge is 2.17. The molecule has 1 rings (SSSR count). The molecule has 0 aliphatic heterocycles. The number of rotatable bonds is 6. The fraction of sp³-hybridized carbons (Fsp3) is 0.417. The molecule has 0 fully saturated rings. The molecule has 0 saturated carbocycles. The van der Waals surface area contributed by atoms with Crippen LogP contribution in [0.3, 0.4) is 0 Å². The molecule has 0 saturated heterocycles. The van der Waals surface area contributed by atoms with E-state index in [1.807, 2.05) is 13.8 Å². The van der Waals surface area contributed by atoms with E-state index < -0.39 is 0 Å². The SMILES string of the molecule is CCOc1c(Cl)cc(C=NNC)c(OCC)c1Cl. The lowest BCUT2D eigenvalue weighted by Gasteiger charge is -2.14. The number of nitrogens with one attached hydrogen (secondary N) is 1. The highest BCUT2D eigenvalue weighted by atomic mass is 35.5. The summed E-state index contributed by atoms with van der Waals surface area (Å²) < 4.78 is 10.9. The maximum Gasteiger partial charge on any atom is 0.160 e. The summed E-state index contributed by atoms with van der Waals surface area (Å²) in [7, 11) is 1.70. The molecule has 18 heavy (non-hydrogen) atoms. The molecule has 1 N–H and O–H groups in total. The summed E-state index contributed by atoms with van der Waals surface area (Å²) in [5, 5.41) is 4.73. The number of hydrogen-bond acceptors (Lipinski definition) is 4. The first-order valence-corrected chi connectivity index (χ1v) is 6.38. The van der Waals surface area contributed by atoms with Gasteiger partial charge in [0.2, 0.25) is 0 Å². The van der Waals surface area contributed by atoms with E-state index in [1.54, 1.807) is 19.3 Å². The molecule has 0 aliphatic carbocycles. The lowest BCUT2D eigenvalue weighted by molar-refractivity contribution is 0.323. The first-order chi connectivity index (χ1) is 8.65. The summed E-state index contributed by atoms with van der Waals surface area (Å²) >= 11 is 12.4. The van der Waals surface area contributed by atoms with Crippen LogP contribution in [0.15, 0.2) is 11.2 Å². The van der Waals surface area contributed by atoms with Gasteiger partial charge >= 0.3 is 0 Å². The Kier molecular flexibility index (Phi) is 6.09. The average molecular weight is 291 g/mol. The summed E-state index contributed by atoms with van der Waals surface area (Å²) in [5.41, 5.74) is 3.36. The van der Waals surface area contributed by atoms with Gasteiger partial charge in [-0.05, 0) is 19.9 Å². The van der Waals surface area contributed by atoms with Crippen molar-refractivity contribution in [1.82, 2.24) is 5.43 Å². The molecule has 0 spiro atoms. The Labute approximate surface area is 117 Å². The summed E-state index contributed by atoms with van der Waals surface area (Å²) in [4.78, 5) is 0. The third-order valence-corrected chi connectivity index (χ3v) is 2.69. The highest BCUT2D eigenvalue weighted by Crippen LogP contribution is 2.42. The molecular formula is C12H16Cl2N2O2. The summed E-state index contributed by atoms with van der Waals surface area (Å²) in [5.74, 6) is 0.955. The van der Waals surface area contributed by atoms with E-state index in [-0.39, 0.29) is 0 Å². The van der Waals surface area contributed by atoms with Crippen molar-refractivity contribution in [2.45, 2.75) is 13.8 Å². The minimum atomic E-state index is 0.365. The van der Waals surface area contributed by atoms with Crippen LogP contribution in [-0.2, 0) is 0 Å². The second kappa shape index (κ2) is 7.34. The van der Waals surface area contributed by atoms with Crippen molar-refractivity contribution >= 4 is 29.4 Å². The van der Waals surface area contributed by atoms with Gasteiger partial charge < -0.3 is 14.9 Å². The van der Waals surface area contributed by atoms with Crippen molar-refractivity contribution in [3.8, 4) is 11.5 Å². The number of ether oxygens (including phenoxy) is 2. The standard InChI is InChI=1S/C12H16Cl2N2O2/c1-4-17-11-8(7-16-15-3)6-9(13)12(10(11)14)18-5-2/h6-7,15H,4-5H2,1-3H3. The first-order valence-electron chi connectivity index (χ1n) is 5.63. The fourth-order valence-corrected chi connectivity index (χ4v) is 2.03. The Morgan fingerprint density at radius 1 is 1.22 bits per heavy atom. The van der Waals surface area contributed by atoms with Gasteiger partial charge in [-0.25, -0.2) is 0 Å². The van der Waals surface area contributed by atoms with Gasteiger partial charge in [0.25, 0.3) is 0 Å². The molecule has 0 atom stereocenters. The van der Waals surface area contributed by atoms with E-state index in [4.69, 9.17) is 32.7 Å². The third kappa shape index (κ3) is 3.43. The Morgan fingerprint density at radius 2 is 1.83 bits per heavy atom. The Balaban J connectivity index is 3.30. The monoisotopic (exact) mass is 290 g/mol. The Bertz CT molecular complexity index is 437. The van der Waals surface area contributed by atoms with Crippen molar-refractivity contribution in [3.63, 3.8) is 0 Å². The van der Waals surface area contributed by atoms with Crippen LogP contribution < -0.4 is 14.9 Å². The van der Waals surface area contributed by atoms with E-state index in [0.29, 0.717) is 40.3 Å². The first kappa shape index (κ1) is 14.9. The fourth-order valence-electron chi connectivity index (χ4n) is 1.40. The Morgan fingerprint density at radius 3 is 2.39 bits per heavy atom. The minimum Gasteiger partial charge on any atom is -0.491 e. The molecule has 0 unspecified atom stereocenters. The predicted octanol–water partition coefficient (Wildman–Crippen LogP) is 3.34. The number of hydrogen-bond donors (Lipinski definition) is 1. The van der Waals surface area contributed by atoms with Crippen LogP contribution in [0.4, 0.5) is 0 Å². The van der Waals surface area contributed by atoms with Gasteiger partial charge in [0, 0.05) is 12.6 Å². The predicted molar refractivity (Wildman–Crippen MR) is 75.5 cm³/mol. The summed E-state index contributed by atoms with van der Waals surface area (Å²) in [6.45, 7) is 4.72. The minimum absolute atomic E-state index is 0.365. The lowest BCUT2D eigenvalue weighted by Crippen LogP contribution is -2.02. The molecule has 4 nitrogen and oxygen atoms in total. The van der Waals surface area contributed by atoms with Crippen LogP contribution in [0, 0.1) is 0 Å². The van der Waals surface area contributed by atoms with E-state index in [9.17, 15) is 0 Å². The topological polar surface area (TPSA) is 42.8 Å². The van der Waals surface area contributed by atoms with Crippen LogP contribution in [0.2, 0.25) is 10.0 Å². The third-order valence-electron chi connectivity index (χ3n) is 2.07. The largest absolute Gasteiger partial charge is 0.491 e. The number of halogens is 2. The Hall–Kier alpha value is -1.13. The molecule has 0 heterocycles. The van der Waals surface area contributed by atoms with Crippen molar-refractivity contribution in [3.05, 3.63) is 21.7 Å². The molecule has 1 aromatic rings. The quantitative estimate of drug-likeness (QED) is 0.645. The molecule has 0 radical (unpaired) electrons. The smallest absolute Gasteiger partial charge is 0.160 e. The summed E-state index contributed by atoms with van der Waals surface area (Å²) in [6.07, 6.45) is 1.60. The zero-order valence-electron chi connectivity index (χ0n) is 10.6. The molecule has 0 bridgehead atoms. The molecular weight excluding hydrogens is 275 g/mol. The van der Waals surface area contributed by atoms with Gasteiger partial charge in [-0.2, -0.15) is 5.10 Å². The van der Waals surface area contributed by atoms with E-state index in [2.05, 4.69) is 10.5 Å². The van der Waals surface area contributed by atoms with Gasteiger partial charge in [0.15, 0.2) is 11.5 Å². The van der Waals surface area contributed by atoms with Gasteiger partial charge in [0.1, 0.15) is 5.02 Å². The normalized spacial score (nSPS) is 10.7. The van der Waals surface area contributed by atoms with Crippen LogP contribution in [0.1, 0.15) is 19.4 Å². The molecule has 0 amide bonds. The van der Waals surface area contributed by atoms with Crippen molar-refractivity contribution in [1.29, 1.82) is 0 Å². The van der Waals surface area contributed by atoms with E-state index in [0.717, 1.165) is 0 Å². The highest BCUT2D eigenvalue weighted by molar-refractivity contribution is 6.38. The van der Waals surface area contributed by atoms with Crippen LogP contribution in [-0.4, -0.2) is 26.5 Å². The van der Waals surface area contributed by atoms with Crippen LogP contribution >= 0.6 is 23.2 Å². The van der Waals surface area contributed by atoms with E-state index in [1.165, 1.54) is 0 Å². The zero-order valence-corrected chi connectivity index (χ0v) is 12.1. The van der Waals surface area contributed by atoms with Crippen molar-refractivity contribution in [2.24, 2.45) is 5.10 Å². The zero-order chi connectivity index (χ0) is 13.5. The van der Waals surface area contributed by atoms with E-state index >= 15 is 0 Å². The van der Waals surface area contributed by atoms with Crippen LogP contribution in [0.25, 0.3) is 0 Å². The van der Waals surface area contributed by atoms with Gasteiger partial charge in [-0.15, -0.1) is 0 Å². The van der Waals surface area contributed by atoms with Gasteiger partial charge in [-0.1, -0.05) is 23.2 Å². The van der Waals surface area contributed by atoms with Gasteiger partial charge in [-0.3, -0.25) is 0 Å². The second-order valence-corrected chi connectivity index (χ2v) is 4.05. The lowest BCUT2D eigenvalue weighted by atomic mass is 10.2. The van der Waals surface area contributed by atoms with Crippen molar-refractivity contribution in [2.75, 3.05) is 20.3 Å². The number of hydrazone groups is 1. The summed E-state index contributed by atoms with van der Waals surface area (Å²) in [6, 6.07) is 1.71. The average Bonchev–Trinajstić information content (AvgIpc) is 2.36. The van der Waals surface area contributed by atoms with Crippen molar-refractivity contribution < 1.29 is 9.47 Å². The van der Waals surface area contributed by atoms with Crippen LogP contribution in [0.5, 0.6) is 11.5 Å².